The van der Waals surface area contributed by atoms with Crippen LogP contribution >= 0.6 is 11.6 Å². The molecule has 178 valence electrons. The summed E-state index contributed by atoms with van der Waals surface area (Å²) in [5.41, 5.74) is 6.61. The van der Waals surface area contributed by atoms with Gasteiger partial charge in [0.1, 0.15) is 5.69 Å². The molecule has 3 aromatic carbocycles. The zero-order valence-corrected chi connectivity index (χ0v) is 20.3. The number of carbonyl (C=O) groups is 3. The number of anilines is 1. The summed E-state index contributed by atoms with van der Waals surface area (Å²) < 4.78 is 1.31. The highest BCUT2D eigenvalue weighted by atomic mass is 35.5. The molecule has 4 rings (SSSR count). The van der Waals surface area contributed by atoms with Crippen LogP contribution in [0, 0.1) is 13.8 Å². The summed E-state index contributed by atoms with van der Waals surface area (Å²) in [6.45, 7) is 5.59. The highest BCUT2D eigenvalue weighted by molar-refractivity contribution is 6.38. The van der Waals surface area contributed by atoms with Gasteiger partial charge in [-0.2, -0.15) is 0 Å². The number of rotatable bonds is 5. The minimum Gasteiger partial charge on any atom is -0.341 e. The van der Waals surface area contributed by atoms with Gasteiger partial charge in [-0.05, 0) is 61.7 Å². The lowest BCUT2D eigenvalue weighted by Crippen LogP contribution is -2.40. The molecule has 0 spiro atoms. The van der Waals surface area contributed by atoms with Crippen molar-refractivity contribution < 1.29 is 14.4 Å². The molecule has 0 aliphatic carbocycles. The maximum Gasteiger partial charge on any atom is 0.328 e. The minimum absolute atomic E-state index is 0.155. The molecular formula is C27H25ClN4O3. The van der Waals surface area contributed by atoms with Gasteiger partial charge in [0.05, 0.1) is 11.6 Å². The Morgan fingerprint density at radius 1 is 0.857 bits per heavy atom. The van der Waals surface area contributed by atoms with Crippen LogP contribution in [-0.4, -0.2) is 22.4 Å². The Bertz CT molecular complexity index is 1410. The molecule has 0 saturated heterocycles. The van der Waals surface area contributed by atoms with Gasteiger partial charge < -0.3 is 10.6 Å². The van der Waals surface area contributed by atoms with E-state index in [-0.39, 0.29) is 11.7 Å². The van der Waals surface area contributed by atoms with Crippen molar-refractivity contribution in [1.29, 1.82) is 0 Å². The summed E-state index contributed by atoms with van der Waals surface area (Å²) in [5, 5.41) is 6.73. The lowest BCUT2D eigenvalue weighted by atomic mass is 10.1. The lowest BCUT2D eigenvalue weighted by Gasteiger charge is -2.16. The van der Waals surface area contributed by atoms with Crippen molar-refractivity contribution in [2.45, 2.75) is 26.8 Å². The van der Waals surface area contributed by atoms with Crippen LogP contribution in [-0.2, 0) is 9.59 Å². The highest BCUT2D eigenvalue weighted by Crippen LogP contribution is 2.25. The molecule has 1 aromatic heterocycles. The third-order valence-corrected chi connectivity index (χ3v) is 6.02. The Morgan fingerprint density at radius 2 is 1.54 bits per heavy atom. The molecule has 1 heterocycles. The largest absolute Gasteiger partial charge is 0.341 e. The van der Waals surface area contributed by atoms with Crippen molar-refractivity contribution in [3.63, 3.8) is 0 Å². The van der Waals surface area contributed by atoms with Gasteiger partial charge in [0.2, 0.25) is 0 Å². The summed E-state index contributed by atoms with van der Waals surface area (Å²) in [4.78, 5) is 38.8. The van der Waals surface area contributed by atoms with E-state index >= 15 is 0 Å². The fourth-order valence-corrected chi connectivity index (χ4v) is 4.08. The van der Waals surface area contributed by atoms with Crippen LogP contribution in [0.1, 0.15) is 40.1 Å². The van der Waals surface area contributed by atoms with Gasteiger partial charge >= 0.3 is 11.8 Å². The Morgan fingerprint density at radius 3 is 2.23 bits per heavy atom. The van der Waals surface area contributed by atoms with Crippen molar-refractivity contribution in [2.24, 2.45) is 0 Å². The van der Waals surface area contributed by atoms with Gasteiger partial charge in [-0.3, -0.25) is 19.8 Å². The molecule has 3 N–H and O–H groups in total. The van der Waals surface area contributed by atoms with E-state index in [1.54, 1.807) is 31.2 Å². The third kappa shape index (κ3) is 5.20. The first-order chi connectivity index (χ1) is 16.7. The van der Waals surface area contributed by atoms with Gasteiger partial charge in [0.25, 0.3) is 5.91 Å². The molecule has 0 aliphatic heterocycles. The molecule has 1 atom stereocenters. The van der Waals surface area contributed by atoms with Gasteiger partial charge in [0.15, 0.2) is 0 Å². The first-order valence-corrected chi connectivity index (χ1v) is 11.5. The minimum atomic E-state index is -0.902. The molecular weight excluding hydrogens is 464 g/mol. The van der Waals surface area contributed by atoms with Crippen molar-refractivity contribution in [2.75, 3.05) is 10.7 Å². The molecule has 0 saturated carbocycles. The number of aromatic nitrogens is 1. The predicted molar refractivity (Wildman–Crippen MR) is 138 cm³/mol. The number of hydrogen-bond acceptors (Lipinski definition) is 3. The van der Waals surface area contributed by atoms with E-state index < -0.39 is 17.7 Å². The number of aryl methyl sites for hydroxylation is 2. The Balaban J connectivity index is 1.62. The fourth-order valence-electron chi connectivity index (χ4n) is 3.90. The number of amides is 3. The normalized spacial score (nSPS) is 11.7. The van der Waals surface area contributed by atoms with E-state index in [1.807, 2.05) is 62.4 Å². The fraction of sp³-hybridized carbons (Fsp3) is 0.148. The summed E-state index contributed by atoms with van der Waals surface area (Å²) >= 11 is 6.14. The summed E-state index contributed by atoms with van der Waals surface area (Å²) in [6.07, 6.45) is 0. The molecule has 7 nitrogen and oxygen atoms in total. The predicted octanol–water partition coefficient (Wildman–Crippen LogP) is 5.11. The monoisotopic (exact) mass is 488 g/mol. The van der Waals surface area contributed by atoms with Crippen molar-refractivity contribution in [1.82, 2.24) is 9.99 Å². The smallest absolute Gasteiger partial charge is 0.328 e. The molecule has 3 amide bonds. The van der Waals surface area contributed by atoms with Crippen molar-refractivity contribution >= 4 is 45.9 Å². The van der Waals surface area contributed by atoms with Gasteiger partial charge in [0, 0.05) is 16.1 Å². The number of hydrogen-bond donors (Lipinski definition) is 3. The molecule has 8 heteroatoms. The Kier molecular flexibility index (Phi) is 6.89. The first-order valence-electron chi connectivity index (χ1n) is 11.1. The van der Waals surface area contributed by atoms with E-state index in [4.69, 9.17) is 11.6 Å². The average molecular weight is 489 g/mol. The summed E-state index contributed by atoms with van der Waals surface area (Å²) in [6, 6.07) is 21.3. The van der Waals surface area contributed by atoms with Crippen LogP contribution < -0.4 is 16.1 Å². The highest BCUT2D eigenvalue weighted by Gasteiger charge is 2.23. The molecule has 0 unspecified atom stereocenters. The molecule has 0 radical (unpaired) electrons. The van der Waals surface area contributed by atoms with E-state index in [0.717, 1.165) is 16.7 Å². The van der Waals surface area contributed by atoms with Crippen LogP contribution in [0.15, 0.2) is 72.8 Å². The van der Waals surface area contributed by atoms with Gasteiger partial charge in [-0.15, -0.1) is 0 Å². The number of halogens is 1. The molecule has 0 bridgehead atoms. The van der Waals surface area contributed by atoms with E-state index in [0.29, 0.717) is 21.6 Å². The van der Waals surface area contributed by atoms with Crippen LogP contribution in [0.5, 0.6) is 0 Å². The number of para-hydroxylation sites is 1. The molecule has 0 fully saturated rings. The first kappa shape index (κ1) is 24.0. The van der Waals surface area contributed by atoms with Gasteiger partial charge in [-0.1, -0.05) is 60.1 Å². The van der Waals surface area contributed by atoms with Crippen molar-refractivity contribution in [3.05, 3.63) is 100 Å². The van der Waals surface area contributed by atoms with E-state index in [2.05, 4.69) is 16.1 Å². The SMILES string of the molecule is Cc1cccc(C)c1NC(=O)c1cc2cc(Cl)ccc2n1NC(=O)C(=O)N[C@@H](C)c1ccccc1. The van der Waals surface area contributed by atoms with E-state index in [9.17, 15) is 14.4 Å². The lowest BCUT2D eigenvalue weighted by molar-refractivity contribution is -0.137. The van der Waals surface area contributed by atoms with Crippen molar-refractivity contribution in [3.8, 4) is 0 Å². The van der Waals surface area contributed by atoms with Crippen LogP contribution in [0.2, 0.25) is 5.02 Å². The standard InChI is InChI=1S/C27H25ClN4O3/c1-16-8-7-9-17(2)24(16)30-25(33)23-15-20-14-21(28)12-13-22(20)32(23)31-27(35)26(34)29-18(3)19-10-5-4-6-11-19/h4-15,18H,1-3H3,(H,29,34)(H,30,33)(H,31,35)/t18-/m0/s1. The Hall–Kier alpha value is -4.10. The summed E-state index contributed by atoms with van der Waals surface area (Å²) in [7, 11) is 0. The quantitative estimate of drug-likeness (QED) is 0.341. The molecule has 35 heavy (non-hydrogen) atoms. The zero-order valence-electron chi connectivity index (χ0n) is 19.6. The second kappa shape index (κ2) is 10.0. The molecule has 0 aliphatic rings. The third-order valence-electron chi connectivity index (χ3n) is 5.78. The number of carbonyl (C=O) groups excluding carboxylic acids is 3. The number of fused-ring (bicyclic) bond motifs is 1. The van der Waals surface area contributed by atoms with E-state index in [1.165, 1.54) is 4.68 Å². The maximum atomic E-state index is 13.3. The number of nitrogens with zero attached hydrogens (tertiary/aromatic N) is 1. The zero-order chi connectivity index (χ0) is 25.1. The maximum absolute atomic E-state index is 13.3. The topological polar surface area (TPSA) is 92.2 Å². The second-order valence-electron chi connectivity index (χ2n) is 8.34. The second-order valence-corrected chi connectivity index (χ2v) is 8.77. The summed E-state index contributed by atoms with van der Waals surface area (Å²) in [5.74, 6) is -2.16. The number of nitrogens with one attached hydrogen (secondary N) is 3. The van der Waals surface area contributed by atoms with Crippen LogP contribution in [0.25, 0.3) is 10.9 Å². The number of benzene rings is 3. The van der Waals surface area contributed by atoms with Crippen LogP contribution in [0.3, 0.4) is 0 Å². The van der Waals surface area contributed by atoms with Crippen LogP contribution in [0.4, 0.5) is 5.69 Å². The molecule has 4 aromatic rings. The van der Waals surface area contributed by atoms with Gasteiger partial charge in [-0.25, -0.2) is 4.68 Å². The average Bonchev–Trinajstić information content (AvgIpc) is 3.19. The Labute approximate surface area is 208 Å².